The highest BCUT2D eigenvalue weighted by molar-refractivity contribution is 6.34. The smallest absolute Gasteiger partial charge is 0.321 e. The van der Waals surface area contributed by atoms with Gasteiger partial charge in [-0.3, -0.25) is 14.9 Å². The molecule has 0 unspecified atom stereocenters. The van der Waals surface area contributed by atoms with Crippen LogP contribution >= 0.6 is 11.6 Å². The second-order valence-electron chi connectivity index (χ2n) is 6.77. The molecule has 0 spiro atoms. The number of hydrogen-bond donors (Lipinski definition) is 3. The Morgan fingerprint density at radius 2 is 2.00 bits per heavy atom. The van der Waals surface area contributed by atoms with E-state index in [4.69, 9.17) is 11.6 Å². The highest BCUT2D eigenvalue weighted by Gasteiger charge is 2.24. The highest BCUT2D eigenvalue weighted by atomic mass is 35.5. The van der Waals surface area contributed by atoms with Gasteiger partial charge in [-0.25, -0.2) is 4.79 Å². The van der Waals surface area contributed by atoms with Crippen molar-refractivity contribution in [3.05, 3.63) is 23.2 Å². The maximum absolute atomic E-state index is 12.1. The topological polar surface area (TPSA) is 90.5 Å². The van der Waals surface area contributed by atoms with Crippen molar-refractivity contribution in [1.29, 1.82) is 0 Å². The lowest BCUT2D eigenvalue weighted by Crippen LogP contribution is -2.46. The third-order valence-electron chi connectivity index (χ3n) is 4.00. The molecule has 2 rings (SSSR count). The van der Waals surface area contributed by atoms with Gasteiger partial charge in [0, 0.05) is 25.2 Å². The van der Waals surface area contributed by atoms with Crippen molar-refractivity contribution in [1.82, 2.24) is 10.6 Å². The number of imide groups is 1. The summed E-state index contributed by atoms with van der Waals surface area (Å²) in [6, 6.07) is 4.04. The molecule has 0 bridgehead atoms. The lowest BCUT2D eigenvalue weighted by atomic mass is 10.2. The Hall–Kier alpha value is -2.28. The Labute approximate surface area is 158 Å². The number of hydrogen-bond acceptors (Lipinski definition) is 4. The van der Waals surface area contributed by atoms with Gasteiger partial charge in [0.05, 0.1) is 10.7 Å². The van der Waals surface area contributed by atoms with Gasteiger partial charge in [-0.1, -0.05) is 25.4 Å². The van der Waals surface area contributed by atoms with E-state index in [0.717, 1.165) is 6.42 Å². The van der Waals surface area contributed by atoms with Crippen molar-refractivity contribution >= 4 is 40.8 Å². The Balaban J connectivity index is 1.93. The molecule has 4 amide bonds. The fraction of sp³-hybridized carbons (Fsp3) is 0.500. The van der Waals surface area contributed by atoms with Crippen molar-refractivity contribution in [2.45, 2.75) is 39.7 Å². The molecular weight excluding hydrogens is 356 g/mol. The first kappa shape index (κ1) is 20.0. The van der Waals surface area contributed by atoms with E-state index >= 15 is 0 Å². The number of nitrogens with one attached hydrogen (secondary N) is 3. The van der Waals surface area contributed by atoms with Gasteiger partial charge in [0.2, 0.25) is 11.8 Å². The molecule has 142 valence electrons. The van der Waals surface area contributed by atoms with Crippen LogP contribution in [0.3, 0.4) is 0 Å². The Bertz CT molecular complexity index is 693. The molecule has 3 N–H and O–H groups in total. The summed E-state index contributed by atoms with van der Waals surface area (Å²) >= 11 is 6.29. The molecule has 1 aliphatic rings. The summed E-state index contributed by atoms with van der Waals surface area (Å²) in [4.78, 5) is 37.3. The Kier molecular flexibility index (Phi) is 6.85. The Morgan fingerprint density at radius 1 is 1.27 bits per heavy atom. The summed E-state index contributed by atoms with van der Waals surface area (Å²) in [5, 5.41) is 8.36. The molecule has 1 fully saturated rings. The van der Waals surface area contributed by atoms with E-state index in [1.807, 2.05) is 13.8 Å². The standard InChI is InChI=1S/C18H25ClN4O3/c1-11(2)10-20-18(26)22-17(25)12(3)21-13-6-7-15(14(19)9-13)23-8-4-5-16(23)24/h6-7,9,11-12,21H,4-5,8,10H2,1-3H3,(H2,20,22,25,26)/t12-/m0/s1. The van der Waals surface area contributed by atoms with E-state index in [-0.39, 0.29) is 5.91 Å². The van der Waals surface area contributed by atoms with Crippen LogP contribution in [0.25, 0.3) is 0 Å². The van der Waals surface area contributed by atoms with E-state index in [1.54, 1.807) is 30.0 Å². The molecular formula is C18H25ClN4O3. The lowest BCUT2D eigenvalue weighted by molar-refractivity contribution is -0.120. The average molecular weight is 381 g/mol. The molecule has 1 saturated heterocycles. The molecule has 7 nitrogen and oxygen atoms in total. The number of carbonyl (C=O) groups excluding carboxylic acids is 3. The predicted molar refractivity (Wildman–Crippen MR) is 103 cm³/mol. The molecule has 8 heteroatoms. The van der Waals surface area contributed by atoms with Gasteiger partial charge in [0.1, 0.15) is 6.04 Å². The first-order valence-corrected chi connectivity index (χ1v) is 9.11. The van der Waals surface area contributed by atoms with Crippen molar-refractivity contribution < 1.29 is 14.4 Å². The Morgan fingerprint density at radius 3 is 2.58 bits per heavy atom. The third kappa shape index (κ3) is 5.36. The number of halogens is 1. The minimum atomic E-state index is -0.630. The molecule has 26 heavy (non-hydrogen) atoms. The maximum atomic E-state index is 12.1. The molecule has 1 heterocycles. The van der Waals surface area contributed by atoms with Gasteiger partial charge in [-0.05, 0) is 37.5 Å². The largest absolute Gasteiger partial charge is 0.374 e. The molecule has 0 saturated carbocycles. The second kappa shape index (κ2) is 8.89. The first-order chi connectivity index (χ1) is 12.3. The molecule has 1 atom stereocenters. The van der Waals surface area contributed by atoms with Crippen LogP contribution in [-0.4, -0.2) is 37.0 Å². The van der Waals surface area contributed by atoms with Crippen molar-refractivity contribution in [3.63, 3.8) is 0 Å². The first-order valence-electron chi connectivity index (χ1n) is 8.73. The quantitative estimate of drug-likeness (QED) is 0.707. The van der Waals surface area contributed by atoms with Gasteiger partial charge in [0.25, 0.3) is 0 Å². The zero-order valence-corrected chi connectivity index (χ0v) is 16.0. The van der Waals surface area contributed by atoms with Crippen molar-refractivity contribution in [2.75, 3.05) is 23.3 Å². The molecule has 0 aromatic heterocycles. The van der Waals surface area contributed by atoms with Gasteiger partial charge >= 0.3 is 6.03 Å². The minimum Gasteiger partial charge on any atom is -0.374 e. The number of anilines is 2. The normalized spacial score (nSPS) is 15.1. The number of benzene rings is 1. The highest BCUT2D eigenvalue weighted by Crippen LogP contribution is 2.31. The number of amides is 4. The van der Waals surface area contributed by atoms with Crippen LogP contribution in [0.5, 0.6) is 0 Å². The summed E-state index contributed by atoms with van der Waals surface area (Å²) in [5.74, 6) is -0.0801. The van der Waals surface area contributed by atoms with Gasteiger partial charge < -0.3 is 15.5 Å². The van der Waals surface area contributed by atoms with Crippen LogP contribution in [-0.2, 0) is 9.59 Å². The predicted octanol–water partition coefficient (Wildman–Crippen LogP) is 2.75. The minimum absolute atomic E-state index is 0.0627. The summed E-state index contributed by atoms with van der Waals surface area (Å²) in [6.45, 7) is 6.74. The zero-order chi connectivity index (χ0) is 19.3. The third-order valence-corrected chi connectivity index (χ3v) is 4.30. The molecule has 1 aliphatic heterocycles. The molecule has 1 aromatic carbocycles. The van der Waals surface area contributed by atoms with E-state index in [1.165, 1.54) is 0 Å². The van der Waals surface area contributed by atoms with Crippen LogP contribution in [0.1, 0.15) is 33.6 Å². The van der Waals surface area contributed by atoms with E-state index in [0.29, 0.717) is 41.8 Å². The van der Waals surface area contributed by atoms with Gasteiger partial charge in [-0.15, -0.1) is 0 Å². The van der Waals surface area contributed by atoms with Crippen LogP contribution in [0, 0.1) is 5.92 Å². The zero-order valence-electron chi connectivity index (χ0n) is 15.3. The maximum Gasteiger partial charge on any atom is 0.321 e. The summed E-state index contributed by atoms with van der Waals surface area (Å²) in [5.41, 5.74) is 1.31. The number of carbonyl (C=O) groups is 3. The molecule has 0 aliphatic carbocycles. The van der Waals surface area contributed by atoms with E-state index < -0.39 is 18.0 Å². The SMILES string of the molecule is CC(C)CNC(=O)NC(=O)[C@H](C)Nc1ccc(N2CCCC2=O)c(Cl)c1. The van der Waals surface area contributed by atoms with Gasteiger partial charge in [0.15, 0.2) is 0 Å². The van der Waals surface area contributed by atoms with Gasteiger partial charge in [-0.2, -0.15) is 0 Å². The fourth-order valence-electron chi connectivity index (χ4n) is 2.60. The summed E-state index contributed by atoms with van der Waals surface area (Å²) < 4.78 is 0. The van der Waals surface area contributed by atoms with Crippen molar-refractivity contribution in [3.8, 4) is 0 Å². The molecule has 0 radical (unpaired) electrons. The lowest BCUT2D eigenvalue weighted by Gasteiger charge is -2.19. The fourth-order valence-corrected chi connectivity index (χ4v) is 2.88. The number of rotatable bonds is 6. The monoisotopic (exact) mass is 380 g/mol. The molecule has 1 aromatic rings. The number of nitrogens with zero attached hydrogens (tertiary/aromatic N) is 1. The van der Waals surface area contributed by atoms with Crippen LogP contribution < -0.4 is 20.9 Å². The number of urea groups is 1. The summed E-state index contributed by atoms with van der Waals surface area (Å²) in [6.07, 6.45) is 1.36. The van der Waals surface area contributed by atoms with E-state index in [2.05, 4.69) is 16.0 Å². The van der Waals surface area contributed by atoms with Crippen LogP contribution in [0.15, 0.2) is 18.2 Å². The second-order valence-corrected chi connectivity index (χ2v) is 7.18. The van der Waals surface area contributed by atoms with Crippen molar-refractivity contribution in [2.24, 2.45) is 5.92 Å². The summed E-state index contributed by atoms with van der Waals surface area (Å²) in [7, 11) is 0. The van der Waals surface area contributed by atoms with Crippen LogP contribution in [0.2, 0.25) is 5.02 Å². The van der Waals surface area contributed by atoms with E-state index in [9.17, 15) is 14.4 Å². The average Bonchev–Trinajstić information content (AvgIpc) is 2.99. The van der Waals surface area contributed by atoms with Crippen LogP contribution in [0.4, 0.5) is 16.2 Å².